The zero-order chi connectivity index (χ0) is 10.6. The molecule has 1 heterocycles. The van der Waals surface area contributed by atoms with E-state index >= 15 is 0 Å². The smallest absolute Gasteiger partial charge is 0.244 e. The highest BCUT2D eigenvalue weighted by atomic mass is 16.5. The lowest BCUT2D eigenvalue weighted by atomic mass is 10.3. The Labute approximate surface area is 82.4 Å². The molecule has 14 heavy (non-hydrogen) atoms. The number of aryl methyl sites for hydroxylation is 1. The zero-order valence-corrected chi connectivity index (χ0v) is 8.19. The lowest BCUT2D eigenvalue weighted by Crippen LogP contribution is -2.00. The first-order chi connectivity index (χ1) is 6.69. The van der Waals surface area contributed by atoms with Crippen molar-refractivity contribution in [3.63, 3.8) is 0 Å². The van der Waals surface area contributed by atoms with E-state index in [-0.39, 0.29) is 5.95 Å². The third-order valence-electron chi connectivity index (χ3n) is 1.55. The van der Waals surface area contributed by atoms with Crippen LogP contribution < -0.4 is 10.5 Å². The van der Waals surface area contributed by atoms with Gasteiger partial charge in [0.15, 0.2) is 0 Å². The van der Waals surface area contributed by atoms with E-state index < -0.39 is 0 Å². The Balaban J connectivity index is 3.24. The van der Waals surface area contributed by atoms with Gasteiger partial charge in [-0.2, -0.15) is 4.98 Å². The third kappa shape index (κ3) is 2.07. The van der Waals surface area contributed by atoms with Gasteiger partial charge in [0.1, 0.15) is 5.69 Å². The van der Waals surface area contributed by atoms with Crippen molar-refractivity contribution in [2.24, 2.45) is 4.99 Å². The van der Waals surface area contributed by atoms with Crippen LogP contribution in [0.4, 0.5) is 11.6 Å². The van der Waals surface area contributed by atoms with Crippen LogP contribution in [0.1, 0.15) is 5.69 Å². The molecule has 0 atom stereocenters. The molecule has 1 aromatic rings. The molecular weight excluding hydrogens is 180 g/mol. The van der Waals surface area contributed by atoms with Crippen molar-refractivity contribution in [1.29, 1.82) is 0 Å². The zero-order valence-electron chi connectivity index (χ0n) is 8.19. The average Bonchev–Trinajstić information content (AvgIpc) is 2.15. The summed E-state index contributed by atoms with van der Waals surface area (Å²) in [6, 6.07) is 0. The van der Waals surface area contributed by atoms with Gasteiger partial charge in [0, 0.05) is 6.21 Å². The maximum absolute atomic E-state index is 5.46. The summed E-state index contributed by atoms with van der Waals surface area (Å²) in [5.41, 5.74) is 6.70. The Morgan fingerprint density at radius 2 is 2.21 bits per heavy atom. The number of nitrogens with two attached hydrogens (primary N) is 1. The highest BCUT2D eigenvalue weighted by Crippen LogP contribution is 2.27. The normalized spacial score (nSPS) is 10.4. The molecule has 0 aromatic carbocycles. The van der Waals surface area contributed by atoms with Gasteiger partial charge in [-0.1, -0.05) is 12.7 Å². The second-order valence-electron chi connectivity index (χ2n) is 2.54. The number of ether oxygens (including phenoxy) is 1. The van der Waals surface area contributed by atoms with Crippen molar-refractivity contribution in [3.05, 3.63) is 18.3 Å². The van der Waals surface area contributed by atoms with Crippen LogP contribution in [0.5, 0.6) is 5.88 Å². The van der Waals surface area contributed by atoms with E-state index in [1.165, 1.54) is 7.11 Å². The maximum atomic E-state index is 5.46. The molecule has 0 unspecified atom stereocenters. The standard InChI is InChI=1S/C9H12N4O/c1-4-5-11-7-6(2)12-9(10)13-8(7)14-3/h4-5H,1H2,2-3H3,(H2,10,12,13). The fraction of sp³-hybridized carbons (Fsp3) is 0.222. The molecule has 0 fully saturated rings. The van der Waals surface area contributed by atoms with Crippen molar-refractivity contribution in [2.45, 2.75) is 6.92 Å². The van der Waals surface area contributed by atoms with E-state index in [1.807, 2.05) is 0 Å². The average molecular weight is 192 g/mol. The number of methoxy groups -OCH3 is 1. The van der Waals surface area contributed by atoms with E-state index in [2.05, 4.69) is 21.5 Å². The molecule has 1 rings (SSSR count). The highest BCUT2D eigenvalue weighted by Gasteiger charge is 2.08. The third-order valence-corrected chi connectivity index (χ3v) is 1.55. The Kier molecular flexibility index (Phi) is 3.17. The van der Waals surface area contributed by atoms with Crippen molar-refractivity contribution in [1.82, 2.24) is 9.97 Å². The van der Waals surface area contributed by atoms with Crippen molar-refractivity contribution < 1.29 is 4.74 Å². The van der Waals surface area contributed by atoms with Crippen LogP contribution in [0.15, 0.2) is 17.6 Å². The number of allylic oxidation sites excluding steroid dienone is 1. The predicted octanol–water partition coefficient (Wildman–Crippen LogP) is 1.26. The lowest BCUT2D eigenvalue weighted by Gasteiger charge is -2.05. The van der Waals surface area contributed by atoms with E-state index in [0.29, 0.717) is 17.3 Å². The number of nitrogen functional groups attached to an aromatic ring is 1. The topological polar surface area (TPSA) is 73.4 Å². The molecule has 0 amide bonds. The van der Waals surface area contributed by atoms with E-state index in [1.54, 1.807) is 19.2 Å². The summed E-state index contributed by atoms with van der Waals surface area (Å²) >= 11 is 0. The fourth-order valence-corrected chi connectivity index (χ4v) is 0.980. The minimum absolute atomic E-state index is 0.178. The molecular formula is C9H12N4O. The van der Waals surface area contributed by atoms with Gasteiger partial charge in [-0.3, -0.25) is 0 Å². The van der Waals surface area contributed by atoms with Gasteiger partial charge >= 0.3 is 0 Å². The maximum Gasteiger partial charge on any atom is 0.244 e. The SMILES string of the molecule is C=CC=Nc1c(C)nc(N)nc1OC. The van der Waals surface area contributed by atoms with Crippen LogP contribution in [-0.2, 0) is 0 Å². The monoisotopic (exact) mass is 192 g/mol. The first-order valence-electron chi connectivity index (χ1n) is 4.02. The van der Waals surface area contributed by atoms with Gasteiger partial charge in [0.2, 0.25) is 11.8 Å². The van der Waals surface area contributed by atoms with Gasteiger partial charge in [-0.25, -0.2) is 9.98 Å². The molecule has 5 nitrogen and oxygen atoms in total. The Hall–Kier alpha value is -1.91. The fourth-order valence-electron chi connectivity index (χ4n) is 0.980. The second-order valence-corrected chi connectivity index (χ2v) is 2.54. The molecule has 2 N–H and O–H groups in total. The molecule has 5 heteroatoms. The molecule has 0 radical (unpaired) electrons. The highest BCUT2D eigenvalue weighted by molar-refractivity contribution is 5.75. The predicted molar refractivity (Wildman–Crippen MR) is 56.1 cm³/mol. The van der Waals surface area contributed by atoms with Crippen LogP contribution >= 0.6 is 0 Å². The molecule has 0 spiro atoms. The van der Waals surface area contributed by atoms with E-state index in [0.717, 1.165) is 0 Å². The quantitative estimate of drug-likeness (QED) is 0.732. The number of nitrogens with zero attached hydrogens (tertiary/aromatic N) is 3. The lowest BCUT2D eigenvalue weighted by molar-refractivity contribution is 0.399. The van der Waals surface area contributed by atoms with Gasteiger partial charge in [0.25, 0.3) is 0 Å². The van der Waals surface area contributed by atoms with Crippen LogP contribution in [0.3, 0.4) is 0 Å². The summed E-state index contributed by atoms with van der Waals surface area (Å²) in [5.74, 6) is 0.546. The largest absolute Gasteiger partial charge is 0.479 e. The first kappa shape index (κ1) is 10.2. The van der Waals surface area contributed by atoms with Crippen LogP contribution in [-0.4, -0.2) is 23.3 Å². The molecule has 0 saturated heterocycles. The molecule has 0 saturated carbocycles. The molecule has 0 aliphatic rings. The van der Waals surface area contributed by atoms with Crippen molar-refractivity contribution in [3.8, 4) is 5.88 Å². The number of hydrogen-bond donors (Lipinski definition) is 1. The van der Waals surface area contributed by atoms with Crippen LogP contribution in [0.25, 0.3) is 0 Å². The summed E-state index contributed by atoms with van der Waals surface area (Å²) < 4.78 is 5.02. The summed E-state index contributed by atoms with van der Waals surface area (Å²) in [7, 11) is 1.51. The minimum atomic E-state index is 0.178. The summed E-state index contributed by atoms with van der Waals surface area (Å²) in [6.07, 6.45) is 3.11. The number of rotatable bonds is 3. The molecule has 0 aliphatic carbocycles. The Bertz CT molecular complexity index is 373. The number of aliphatic imine (C=N–C) groups is 1. The summed E-state index contributed by atoms with van der Waals surface area (Å²) in [4.78, 5) is 12.0. The minimum Gasteiger partial charge on any atom is -0.479 e. The van der Waals surface area contributed by atoms with Gasteiger partial charge < -0.3 is 10.5 Å². The van der Waals surface area contributed by atoms with Crippen molar-refractivity contribution in [2.75, 3.05) is 12.8 Å². The number of anilines is 1. The van der Waals surface area contributed by atoms with Crippen LogP contribution in [0, 0.1) is 6.92 Å². The van der Waals surface area contributed by atoms with Crippen molar-refractivity contribution >= 4 is 17.9 Å². The molecule has 1 aromatic heterocycles. The van der Waals surface area contributed by atoms with Crippen LogP contribution in [0.2, 0.25) is 0 Å². The Morgan fingerprint density at radius 3 is 2.79 bits per heavy atom. The molecule has 0 aliphatic heterocycles. The van der Waals surface area contributed by atoms with Gasteiger partial charge in [-0.05, 0) is 6.92 Å². The summed E-state index contributed by atoms with van der Waals surface area (Å²) in [6.45, 7) is 5.31. The van der Waals surface area contributed by atoms with Gasteiger partial charge in [0.05, 0.1) is 12.8 Å². The second kappa shape index (κ2) is 4.36. The first-order valence-corrected chi connectivity index (χ1v) is 4.02. The number of hydrogen-bond acceptors (Lipinski definition) is 5. The molecule has 74 valence electrons. The summed E-state index contributed by atoms with van der Waals surface area (Å²) in [5, 5.41) is 0. The molecule has 0 bridgehead atoms. The Morgan fingerprint density at radius 1 is 1.50 bits per heavy atom. The van der Waals surface area contributed by atoms with Gasteiger partial charge in [-0.15, -0.1) is 0 Å². The number of aromatic nitrogens is 2. The van der Waals surface area contributed by atoms with E-state index in [4.69, 9.17) is 10.5 Å². The van der Waals surface area contributed by atoms with E-state index in [9.17, 15) is 0 Å².